The number of carbonyl (C=O) groups is 1. The monoisotopic (exact) mass is 303 g/mol. The SMILES string of the molecule is CC1(C)OC(c2cccs2)N(OCc2ccccc2)C1=O. The minimum absolute atomic E-state index is 0.156. The molecular weight excluding hydrogens is 286 g/mol. The number of rotatable bonds is 4. The van der Waals surface area contributed by atoms with E-state index in [1.54, 1.807) is 25.2 Å². The van der Waals surface area contributed by atoms with E-state index in [1.165, 1.54) is 5.06 Å². The largest absolute Gasteiger partial charge is 0.335 e. The van der Waals surface area contributed by atoms with Gasteiger partial charge >= 0.3 is 0 Å². The van der Waals surface area contributed by atoms with Crippen LogP contribution >= 0.6 is 11.3 Å². The summed E-state index contributed by atoms with van der Waals surface area (Å²) in [7, 11) is 0. The summed E-state index contributed by atoms with van der Waals surface area (Å²) in [4.78, 5) is 19.1. The van der Waals surface area contributed by atoms with Crippen LogP contribution in [0.15, 0.2) is 47.8 Å². The first-order valence-corrected chi connectivity index (χ1v) is 7.67. The van der Waals surface area contributed by atoms with Crippen molar-refractivity contribution in [1.82, 2.24) is 5.06 Å². The fourth-order valence-electron chi connectivity index (χ4n) is 2.20. The number of hydroxylamine groups is 2. The van der Waals surface area contributed by atoms with Gasteiger partial charge in [-0.2, -0.15) is 5.06 Å². The minimum Gasteiger partial charge on any atom is -0.335 e. The Balaban J connectivity index is 1.78. The summed E-state index contributed by atoms with van der Waals surface area (Å²) in [6, 6.07) is 13.7. The van der Waals surface area contributed by atoms with E-state index in [1.807, 2.05) is 47.8 Å². The summed E-state index contributed by atoms with van der Waals surface area (Å²) in [5.41, 5.74) is 0.144. The molecule has 0 aliphatic carbocycles. The van der Waals surface area contributed by atoms with Gasteiger partial charge < -0.3 is 4.74 Å². The fraction of sp³-hybridized carbons (Fsp3) is 0.312. The summed E-state index contributed by atoms with van der Waals surface area (Å²) < 4.78 is 5.87. The Morgan fingerprint density at radius 1 is 1.24 bits per heavy atom. The second kappa shape index (κ2) is 5.60. The third kappa shape index (κ3) is 2.85. The zero-order valence-electron chi connectivity index (χ0n) is 12.0. The number of hydrogen-bond donors (Lipinski definition) is 0. The van der Waals surface area contributed by atoms with Crippen LogP contribution in [0, 0.1) is 0 Å². The van der Waals surface area contributed by atoms with Crippen molar-refractivity contribution in [3.8, 4) is 0 Å². The topological polar surface area (TPSA) is 38.8 Å². The van der Waals surface area contributed by atoms with Crippen molar-refractivity contribution in [2.24, 2.45) is 0 Å². The number of benzene rings is 1. The Hall–Kier alpha value is -1.69. The first-order chi connectivity index (χ1) is 10.1. The zero-order valence-corrected chi connectivity index (χ0v) is 12.8. The molecule has 1 fully saturated rings. The van der Waals surface area contributed by atoms with Gasteiger partial charge in [0, 0.05) is 0 Å². The number of thiophene rings is 1. The van der Waals surface area contributed by atoms with Gasteiger partial charge in [0.05, 0.1) is 4.88 Å². The van der Waals surface area contributed by atoms with E-state index in [9.17, 15) is 4.79 Å². The number of amides is 1. The van der Waals surface area contributed by atoms with Crippen LogP contribution < -0.4 is 0 Å². The van der Waals surface area contributed by atoms with Gasteiger partial charge in [-0.3, -0.25) is 9.63 Å². The molecule has 5 heteroatoms. The maximum Gasteiger partial charge on any atom is 0.280 e. The molecule has 0 bridgehead atoms. The highest BCUT2D eigenvalue weighted by Crippen LogP contribution is 2.39. The lowest BCUT2D eigenvalue weighted by Crippen LogP contribution is -2.35. The number of carbonyl (C=O) groups excluding carboxylic acids is 1. The van der Waals surface area contributed by atoms with E-state index >= 15 is 0 Å². The van der Waals surface area contributed by atoms with Crippen molar-refractivity contribution in [2.75, 3.05) is 0 Å². The number of hydrogen-bond acceptors (Lipinski definition) is 4. The van der Waals surface area contributed by atoms with Crippen LogP contribution in [-0.4, -0.2) is 16.6 Å². The molecule has 0 N–H and O–H groups in total. The van der Waals surface area contributed by atoms with Gasteiger partial charge in [-0.15, -0.1) is 11.3 Å². The van der Waals surface area contributed by atoms with E-state index < -0.39 is 11.8 Å². The lowest BCUT2D eigenvalue weighted by molar-refractivity contribution is -0.217. The molecule has 1 aromatic heterocycles. The van der Waals surface area contributed by atoms with Crippen LogP contribution in [0.25, 0.3) is 0 Å². The fourth-order valence-corrected chi connectivity index (χ4v) is 2.93. The molecule has 0 spiro atoms. The average molecular weight is 303 g/mol. The average Bonchev–Trinajstić information content (AvgIpc) is 3.07. The van der Waals surface area contributed by atoms with Crippen molar-refractivity contribution in [1.29, 1.82) is 0 Å². The molecule has 110 valence electrons. The summed E-state index contributed by atoms with van der Waals surface area (Å²) in [5, 5.41) is 3.32. The molecule has 1 atom stereocenters. The highest BCUT2D eigenvalue weighted by atomic mass is 32.1. The Morgan fingerprint density at radius 2 is 2.00 bits per heavy atom. The van der Waals surface area contributed by atoms with Gasteiger partial charge in [0.25, 0.3) is 5.91 Å². The van der Waals surface area contributed by atoms with Gasteiger partial charge in [-0.05, 0) is 30.9 Å². The Labute approximate surface area is 127 Å². The molecule has 1 amide bonds. The van der Waals surface area contributed by atoms with E-state index in [-0.39, 0.29) is 5.91 Å². The quantitative estimate of drug-likeness (QED) is 0.867. The molecule has 2 aromatic rings. The van der Waals surface area contributed by atoms with Crippen LogP contribution in [0.4, 0.5) is 0 Å². The Morgan fingerprint density at radius 3 is 2.67 bits per heavy atom. The molecule has 1 aliphatic heterocycles. The zero-order chi connectivity index (χ0) is 14.9. The molecule has 4 nitrogen and oxygen atoms in total. The van der Waals surface area contributed by atoms with Crippen molar-refractivity contribution in [3.05, 3.63) is 58.3 Å². The normalized spacial score (nSPS) is 21.0. The predicted molar refractivity (Wildman–Crippen MR) is 80.3 cm³/mol. The van der Waals surface area contributed by atoms with Crippen molar-refractivity contribution >= 4 is 17.2 Å². The number of nitrogens with zero attached hydrogens (tertiary/aromatic N) is 1. The predicted octanol–water partition coefficient (Wildman–Crippen LogP) is 3.52. The second-order valence-electron chi connectivity index (χ2n) is 5.39. The molecule has 0 saturated carbocycles. The van der Waals surface area contributed by atoms with Crippen LogP contribution in [0.3, 0.4) is 0 Å². The van der Waals surface area contributed by atoms with Gasteiger partial charge in [0.15, 0.2) is 6.23 Å². The van der Waals surface area contributed by atoms with Crippen molar-refractivity contribution < 1.29 is 14.4 Å². The molecule has 0 radical (unpaired) electrons. The molecule has 1 saturated heterocycles. The van der Waals surface area contributed by atoms with Crippen LogP contribution in [0.1, 0.15) is 30.5 Å². The highest BCUT2D eigenvalue weighted by Gasteiger charge is 2.48. The van der Waals surface area contributed by atoms with Crippen LogP contribution in [0.5, 0.6) is 0 Å². The highest BCUT2D eigenvalue weighted by molar-refractivity contribution is 7.10. The summed E-state index contributed by atoms with van der Waals surface area (Å²) in [5.74, 6) is -0.156. The Kier molecular flexibility index (Phi) is 3.80. The van der Waals surface area contributed by atoms with E-state index in [0.717, 1.165) is 10.4 Å². The third-order valence-corrected chi connectivity index (χ3v) is 4.24. The molecular formula is C16H17NO3S. The first-order valence-electron chi connectivity index (χ1n) is 6.80. The van der Waals surface area contributed by atoms with Gasteiger partial charge in [-0.1, -0.05) is 36.4 Å². The van der Waals surface area contributed by atoms with E-state index in [4.69, 9.17) is 9.57 Å². The maximum absolute atomic E-state index is 12.4. The molecule has 3 rings (SSSR count). The molecule has 1 unspecified atom stereocenters. The van der Waals surface area contributed by atoms with E-state index in [0.29, 0.717) is 6.61 Å². The van der Waals surface area contributed by atoms with Crippen molar-refractivity contribution in [3.63, 3.8) is 0 Å². The first kappa shape index (κ1) is 14.3. The second-order valence-corrected chi connectivity index (χ2v) is 6.37. The van der Waals surface area contributed by atoms with E-state index in [2.05, 4.69) is 0 Å². The third-order valence-electron chi connectivity index (χ3n) is 3.33. The summed E-state index contributed by atoms with van der Waals surface area (Å²) in [6.45, 7) is 3.87. The van der Waals surface area contributed by atoms with Gasteiger partial charge in [-0.25, -0.2) is 0 Å². The van der Waals surface area contributed by atoms with Crippen LogP contribution in [0.2, 0.25) is 0 Å². The maximum atomic E-state index is 12.4. The number of ether oxygens (including phenoxy) is 1. The molecule has 21 heavy (non-hydrogen) atoms. The summed E-state index contributed by atoms with van der Waals surface area (Å²) in [6.07, 6.45) is -0.476. The van der Waals surface area contributed by atoms with Gasteiger partial charge in [0.2, 0.25) is 0 Å². The molecule has 1 aromatic carbocycles. The Bertz CT molecular complexity index is 610. The standard InChI is InChI=1S/C16H17NO3S/c1-16(2)15(18)17(14(20-16)13-9-6-10-21-13)19-11-12-7-4-3-5-8-12/h3-10,14H,11H2,1-2H3. The van der Waals surface area contributed by atoms with Crippen LogP contribution in [-0.2, 0) is 21.0 Å². The lowest BCUT2D eigenvalue weighted by Gasteiger charge is -2.21. The molecule has 2 heterocycles. The van der Waals surface area contributed by atoms with Crippen molar-refractivity contribution in [2.45, 2.75) is 32.3 Å². The minimum atomic E-state index is -0.870. The molecule has 1 aliphatic rings. The summed E-state index contributed by atoms with van der Waals surface area (Å²) >= 11 is 1.55. The van der Waals surface area contributed by atoms with Gasteiger partial charge in [0.1, 0.15) is 12.2 Å². The smallest absolute Gasteiger partial charge is 0.280 e. The lowest BCUT2D eigenvalue weighted by atomic mass is 10.1.